The number of pyridine rings is 1. The molecule has 2 aromatic carbocycles. The van der Waals surface area contributed by atoms with Crippen LogP contribution < -0.4 is 10.2 Å². The highest BCUT2D eigenvalue weighted by Crippen LogP contribution is 2.23. The third-order valence-corrected chi connectivity index (χ3v) is 4.71. The predicted octanol–water partition coefficient (Wildman–Crippen LogP) is 3.77. The molecule has 4 rings (SSSR count). The van der Waals surface area contributed by atoms with Gasteiger partial charge in [-0.15, -0.1) is 0 Å². The number of hydrogen-bond donors (Lipinski definition) is 1. The van der Waals surface area contributed by atoms with Crippen molar-refractivity contribution in [3.05, 3.63) is 89.1 Å². The van der Waals surface area contributed by atoms with E-state index in [0.29, 0.717) is 16.8 Å². The Morgan fingerprint density at radius 1 is 1.07 bits per heavy atom. The molecule has 0 radical (unpaired) electrons. The Morgan fingerprint density at radius 2 is 1.93 bits per heavy atom. The molecule has 2 heterocycles. The molecule has 3 aromatic rings. The zero-order valence-corrected chi connectivity index (χ0v) is 14.7. The number of carbonyl (C=O) groups is 1. The molecule has 1 N–H and O–H groups in total. The second-order valence-electron chi connectivity index (χ2n) is 6.49. The standard InChI is InChI=1S/C22H18N4O/c23-13-16-4-3-7-20(12-16)25-22(27)18-8-9-21(24-14-18)26-11-10-17-5-1-2-6-19(17)15-26/h1-9,12,14H,10-11,15H2,(H,25,27). The van der Waals surface area contributed by atoms with Gasteiger partial charge in [0.2, 0.25) is 0 Å². The number of carbonyl (C=O) groups excluding carboxylic acids is 1. The van der Waals surface area contributed by atoms with Crippen LogP contribution in [0.25, 0.3) is 0 Å². The van der Waals surface area contributed by atoms with Gasteiger partial charge in [-0.1, -0.05) is 30.3 Å². The molecule has 0 bridgehead atoms. The van der Waals surface area contributed by atoms with Gasteiger partial charge in [-0.05, 0) is 47.9 Å². The normalized spacial score (nSPS) is 12.8. The van der Waals surface area contributed by atoms with Crippen LogP contribution >= 0.6 is 0 Å². The van der Waals surface area contributed by atoms with Gasteiger partial charge in [-0.2, -0.15) is 5.26 Å². The minimum absolute atomic E-state index is 0.242. The van der Waals surface area contributed by atoms with Crippen LogP contribution in [-0.4, -0.2) is 17.4 Å². The molecule has 0 atom stereocenters. The maximum atomic E-state index is 12.4. The number of aromatic nitrogens is 1. The number of amides is 1. The van der Waals surface area contributed by atoms with Crippen molar-refractivity contribution in [3.8, 4) is 6.07 Å². The Labute approximate surface area is 157 Å². The van der Waals surface area contributed by atoms with Gasteiger partial charge in [0.1, 0.15) is 5.82 Å². The van der Waals surface area contributed by atoms with Gasteiger partial charge in [-0.3, -0.25) is 4.79 Å². The Kier molecular flexibility index (Phi) is 4.54. The molecule has 1 aromatic heterocycles. The first-order valence-electron chi connectivity index (χ1n) is 8.82. The molecule has 1 aliphatic rings. The molecule has 5 heteroatoms. The molecule has 0 saturated carbocycles. The van der Waals surface area contributed by atoms with Crippen LogP contribution in [0.1, 0.15) is 27.0 Å². The van der Waals surface area contributed by atoms with E-state index in [1.165, 1.54) is 11.1 Å². The summed E-state index contributed by atoms with van der Waals surface area (Å²) in [4.78, 5) is 19.1. The topological polar surface area (TPSA) is 69.0 Å². The van der Waals surface area contributed by atoms with Crippen molar-refractivity contribution in [3.63, 3.8) is 0 Å². The summed E-state index contributed by atoms with van der Waals surface area (Å²) in [5, 5.41) is 11.8. The molecule has 1 amide bonds. The summed E-state index contributed by atoms with van der Waals surface area (Å²) >= 11 is 0. The van der Waals surface area contributed by atoms with Crippen molar-refractivity contribution >= 4 is 17.4 Å². The van der Waals surface area contributed by atoms with E-state index in [1.54, 1.807) is 36.5 Å². The van der Waals surface area contributed by atoms with Crippen LogP contribution in [0.3, 0.4) is 0 Å². The maximum Gasteiger partial charge on any atom is 0.257 e. The van der Waals surface area contributed by atoms with E-state index in [-0.39, 0.29) is 5.91 Å². The van der Waals surface area contributed by atoms with Crippen molar-refractivity contribution in [1.82, 2.24) is 4.98 Å². The largest absolute Gasteiger partial charge is 0.352 e. The first-order chi connectivity index (χ1) is 13.2. The van der Waals surface area contributed by atoms with Crippen molar-refractivity contribution in [2.45, 2.75) is 13.0 Å². The van der Waals surface area contributed by atoms with E-state index in [2.05, 4.69) is 45.5 Å². The van der Waals surface area contributed by atoms with Crippen molar-refractivity contribution in [1.29, 1.82) is 5.26 Å². The smallest absolute Gasteiger partial charge is 0.257 e. The van der Waals surface area contributed by atoms with E-state index in [9.17, 15) is 4.79 Å². The molecule has 0 saturated heterocycles. The first kappa shape index (κ1) is 16.8. The summed E-state index contributed by atoms with van der Waals surface area (Å²) in [5.74, 6) is 0.626. The maximum absolute atomic E-state index is 12.4. The summed E-state index contributed by atoms with van der Waals surface area (Å²) < 4.78 is 0. The first-order valence-corrected chi connectivity index (χ1v) is 8.82. The predicted molar refractivity (Wildman–Crippen MR) is 105 cm³/mol. The number of benzene rings is 2. The Hall–Kier alpha value is -3.65. The highest BCUT2D eigenvalue weighted by molar-refractivity contribution is 6.04. The highest BCUT2D eigenvalue weighted by Gasteiger charge is 2.17. The van der Waals surface area contributed by atoms with Gasteiger partial charge in [0.05, 0.1) is 17.2 Å². The lowest BCUT2D eigenvalue weighted by Crippen LogP contribution is -2.31. The van der Waals surface area contributed by atoms with Crippen LogP contribution in [0.5, 0.6) is 0 Å². The summed E-state index contributed by atoms with van der Waals surface area (Å²) in [6, 6.07) is 21.0. The molecular formula is C22H18N4O. The fourth-order valence-corrected chi connectivity index (χ4v) is 3.27. The van der Waals surface area contributed by atoms with Crippen molar-refractivity contribution in [2.24, 2.45) is 0 Å². The van der Waals surface area contributed by atoms with Crippen LogP contribution in [0, 0.1) is 11.3 Å². The molecule has 27 heavy (non-hydrogen) atoms. The van der Waals surface area contributed by atoms with Gasteiger partial charge in [0, 0.05) is 25.0 Å². The summed E-state index contributed by atoms with van der Waals surface area (Å²) in [6.07, 6.45) is 2.59. The average Bonchev–Trinajstić information content (AvgIpc) is 2.73. The zero-order valence-electron chi connectivity index (χ0n) is 14.7. The van der Waals surface area contributed by atoms with Gasteiger partial charge in [0.15, 0.2) is 0 Å². The van der Waals surface area contributed by atoms with Crippen LogP contribution in [0.15, 0.2) is 66.9 Å². The number of rotatable bonds is 3. The van der Waals surface area contributed by atoms with Gasteiger partial charge in [0.25, 0.3) is 5.91 Å². The lowest BCUT2D eigenvalue weighted by molar-refractivity contribution is 0.102. The number of anilines is 2. The number of nitrogens with zero attached hydrogens (tertiary/aromatic N) is 3. The molecule has 5 nitrogen and oxygen atoms in total. The second kappa shape index (κ2) is 7.30. The molecule has 1 aliphatic heterocycles. The minimum atomic E-state index is -0.242. The second-order valence-corrected chi connectivity index (χ2v) is 6.49. The fourth-order valence-electron chi connectivity index (χ4n) is 3.27. The molecule has 0 fully saturated rings. The quantitative estimate of drug-likeness (QED) is 0.777. The Balaban J connectivity index is 1.46. The third-order valence-electron chi connectivity index (χ3n) is 4.71. The molecule has 0 spiro atoms. The van der Waals surface area contributed by atoms with Crippen LogP contribution in [0.4, 0.5) is 11.5 Å². The SMILES string of the molecule is N#Cc1cccc(NC(=O)c2ccc(N3CCc4ccccc4C3)nc2)c1. The lowest BCUT2D eigenvalue weighted by atomic mass is 10.00. The fraction of sp³-hybridized carbons (Fsp3) is 0.136. The summed E-state index contributed by atoms with van der Waals surface area (Å²) in [5.41, 5.74) is 4.30. The zero-order chi connectivity index (χ0) is 18.6. The Morgan fingerprint density at radius 3 is 2.70 bits per heavy atom. The molecule has 0 unspecified atom stereocenters. The molecule has 132 valence electrons. The minimum Gasteiger partial charge on any atom is -0.352 e. The van der Waals surface area contributed by atoms with Gasteiger partial charge < -0.3 is 10.2 Å². The number of fused-ring (bicyclic) bond motifs is 1. The number of nitrogens with one attached hydrogen (secondary N) is 1. The monoisotopic (exact) mass is 354 g/mol. The summed E-state index contributed by atoms with van der Waals surface area (Å²) in [7, 11) is 0. The van der Waals surface area contributed by atoms with E-state index in [0.717, 1.165) is 25.3 Å². The van der Waals surface area contributed by atoms with E-state index in [1.807, 2.05) is 6.07 Å². The van der Waals surface area contributed by atoms with Gasteiger partial charge in [-0.25, -0.2) is 4.98 Å². The lowest BCUT2D eigenvalue weighted by Gasteiger charge is -2.29. The highest BCUT2D eigenvalue weighted by atomic mass is 16.1. The van der Waals surface area contributed by atoms with Crippen molar-refractivity contribution in [2.75, 3.05) is 16.8 Å². The van der Waals surface area contributed by atoms with E-state index >= 15 is 0 Å². The van der Waals surface area contributed by atoms with Crippen LogP contribution in [0.2, 0.25) is 0 Å². The number of nitriles is 1. The number of hydrogen-bond acceptors (Lipinski definition) is 4. The van der Waals surface area contributed by atoms with E-state index in [4.69, 9.17) is 5.26 Å². The van der Waals surface area contributed by atoms with Gasteiger partial charge >= 0.3 is 0 Å². The van der Waals surface area contributed by atoms with Crippen molar-refractivity contribution < 1.29 is 4.79 Å². The molecule has 0 aliphatic carbocycles. The Bertz CT molecular complexity index is 1020. The average molecular weight is 354 g/mol. The summed E-state index contributed by atoms with van der Waals surface area (Å²) in [6.45, 7) is 1.74. The third kappa shape index (κ3) is 3.65. The van der Waals surface area contributed by atoms with Crippen LogP contribution in [-0.2, 0) is 13.0 Å². The molecular weight excluding hydrogens is 336 g/mol. The van der Waals surface area contributed by atoms with E-state index < -0.39 is 0 Å².